The summed E-state index contributed by atoms with van der Waals surface area (Å²) in [6.07, 6.45) is 2.11. The second kappa shape index (κ2) is 5.01. The summed E-state index contributed by atoms with van der Waals surface area (Å²) in [5.74, 6) is 0.386. The van der Waals surface area contributed by atoms with Crippen LogP contribution < -0.4 is 10.5 Å². The Bertz CT molecular complexity index is 179. The summed E-state index contributed by atoms with van der Waals surface area (Å²) in [6.45, 7) is 2.02. The highest BCUT2D eigenvalue weighted by Crippen LogP contribution is 2.21. The maximum Gasteiger partial charge on any atom is 0.172 e. The molecule has 0 aromatic carbocycles. The highest BCUT2D eigenvalue weighted by molar-refractivity contribution is 4.77. The zero-order valence-corrected chi connectivity index (χ0v) is 8.53. The predicted molar refractivity (Wildman–Crippen MR) is 48.0 cm³/mol. The Kier molecular flexibility index (Phi) is 4.24. The van der Waals surface area contributed by atoms with Crippen LogP contribution in [-0.2, 0) is 4.84 Å². The number of rotatable bonds is 3. The van der Waals surface area contributed by atoms with Gasteiger partial charge in [-0.1, -0.05) is 6.92 Å². The summed E-state index contributed by atoms with van der Waals surface area (Å²) < 4.78 is 0. The molecule has 0 aromatic heterocycles. The molecule has 6 heteroatoms. The van der Waals surface area contributed by atoms with Crippen molar-refractivity contribution in [3.63, 3.8) is 0 Å². The Balaban J connectivity index is 2.62. The van der Waals surface area contributed by atoms with Crippen molar-refractivity contribution in [3.8, 4) is 0 Å². The normalized spacial score (nSPS) is 37.9. The van der Waals surface area contributed by atoms with Gasteiger partial charge < -0.3 is 10.4 Å². The molecule has 0 amide bonds. The molecule has 0 aliphatic heterocycles. The van der Waals surface area contributed by atoms with E-state index in [1.807, 2.05) is 6.92 Å². The van der Waals surface area contributed by atoms with E-state index in [9.17, 15) is 10.4 Å². The van der Waals surface area contributed by atoms with Crippen molar-refractivity contribution in [2.75, 3.05) is 7.11 Å². The van der Waals surface area contributed by atoms with E-state index in [2.05, 4.69) is 4.84 Å². The molecule has 14 heavy (non-hydrogen) atoms. The third-order valence-corrected chi connectivity index (χ3v) is 2.93. The van der Waals surface area contributed by atoms with E-state index in [0.717, 1.165) is 6.42 Å². The Labute approximate surface area is 83.1 Å². The molecule has 1 saturated carbocycles. The van der Waals surface area contributed by atoms with E-state index in [1.165, 1.54) is 7.11 Å². The molecule has 1 rings (SSSR count). The zero-order chi connectivity index (χ0) is 10.7. The maximum atomic E-state index is 11.3. The molecule has 1 fully saturated rings. The van der Waals surface area contributed by atoms with Crippen LogP contribution in [0.5, 0.6) is 0 Å². The van der Waals surface area contributed by atoms with Gasteiger partial charge in [0.15, 0.2) is 12.1 Å². The average Bonchev–Trinajstić information content (AvgIpc) is 2.16. The van der Waals surface area contributed by atoms with Gasteiger partial charge in [-0.05, 0) is 12.3 Å². The number of quaternary nitrogens is 2. The van der Waals surface area contributed by atoms with Crippen molar-refractivity contribution >= 4 is 0 Å². The van der Waals surface area contributed by atoms with Crippen LogP contribution >= 0.6 is 0 Å². The molecule has 0 saturated heterocycles. The Morgan fingerprint density at radius 2 is 1.93 bits per heavy atom. The zero-order valence-electron chi connectivity index (χ0n) is 8.53. The van der Waals surface area contributed by atoms with Crippen LogP contribution in [0.2, 0.25) is 0 Å². The smallest absolute Gasteiger partial charge is 0.172 e. The van der Waals surface area contributed by atoms with Gasteiger partial charge in [-0.2, -0.15) is 0 Å². The first-order chi connectivity index (χ1) is 6.56. The average molecular weight is 206 g/mol. The van der Waals surface area contributed by atoms with E-state index >= 15 is 0 Å². The Hall–Kier alpha value is -0.240. The van der Waals surface area contributed by atoms with Crippen molar-refractivity contribution < 1.29 is 20.5 Å². The third kappa shape index (κ3) is 2.63. The van der Waals surface area contributed by atoms with Gasteiger partial charge in [0.2, 0.25) is 0 Å². The molecule has 6 nitrogen and oxygen atoms in total. The molecule has 0 heterocycles. The predicted octanol–water partition coefficient (Wildman–Crippen LogP) is -1.74. The lowest BCUT2D eigenvalue weighted by Crippen LogP contribution is -3.21. The van der Waals surface area contributed by atoms with E-state index in [1.54, 1.807) is 0 Å². The lowest BCUT2D eigenvalue weighted by atomic mass is 9.84. The minimum absolute atomic E-state index is 0.385. The van der Waals surface area contributed by atoms with Gasteiger partial charge in [0.25, 0.3) is 0 Å². The van der Waals surface area contributed by atoms with Crippen LogP contribution in [0.4, 0.5) is 0 Å². The molecular formula is C8H18N2O4. The van der Waals surface area contributed by atoms with E-state index in [4.69, 9.17) is 5.21 Å². The van der Waals surface area contributed by atoms with E-state index in [0.29, 0.717) is 18.8 Å². The highest BCUT2D eigenvalue weighted by Gasteiger charge is 2.38. The largest absolute Gasteiger partial charge is 0.600 e. The summed E-state index contributed by atoms with van der Waals surface area (Å²) in [5, 5.41) is 29.9. The molecule has 0 radical (unpaired) electrons. The van der Waals surface area contributed by atoms with Gasteiger partial charge in [0, 0.05) is 12.8 Å². The summed E-state index contributed by atoms with van der Waals surface area (Å²) in [6, 6.07) is -1.01. The van der Waals surface area contributed by atoms with E-state index in [-0.39, 0.29) is 5.23 Å². The minimum Gasteiger partial charge on any atom is -0.600 e. The van der Waals surface area contributed by atoms with Gasteiger partial charge in [-0.3, -0.25) is 0 Å². The molecule has 0 aromatic rings. The summed E-state index contributed by atoms with van der Waals surface area (Å²) in [5.41, 5.74) is 0. The second-order valence-electron chi connectivity index (χ2n) is 3.99. The fourth-order valence-corrected chi connectivity index (χ4v) is 2.09. The van der Waals surface area contributed by atoms with Crippen molar-refractivity contribution in [2.45, 2.75) is 38.3 Å². The molecular weight excluding hydrogens is 188 g/mol. The van der Waals surface area contributed by atoms with Crippen molar-refractivity contribution in [1.82, 2.24) is 0 Å². The van der Waals surface area contributed by atoms with Gasteiger partial charge in [-0.25, -0.2) is 20.5 Å². The van der Waals surface area contributed by atoms with Gasteiger partial charge in [-0.15, -0.1) is 0 Å². The number of hydroxylamine groups is 4. The summed E-state index contributed by atoms with van der Waals surface area (Å²) in [7, 11) is 1.30. The van der Waals surface area contributed by atoms with Gasteiger partial charge in [0.05, 0.1) is 7.11 Å². The van der Waals surface area contributed by atoms with Crippen LogP contribution in [0, 0.1) is 16.3 Å². The Morgan fingerprint density at radius 1 is 1.29 bits per heavy atom. The van der Waals surface area contributed by atoms with Crippen molar-refractivity contribution in [3.05, 3.63) is 10.4 Å². The lowest BCUT2D eigenvalue weighted by molar-refractivity contribution is -1.13. The van der Waals surface area contributed by atoms with Crippen molar-refractivity contribution in [2.24, 2.45) is 5.92 Å². The number of hydrogen-bond donors (Lipinski definition) is 3. The first-order valence-corrected chi connectivity index (χ1v) is 4.87. The van der Waals surface area contributed by atoms with Crippen LogP contribution in [0.25, 0.3) is 0 Å². The molecule has 0 spiro atoms. The molecule has 1 aliphatic carbocycles. The molecule has 84 valence electrons. The highest BCUT2D eigenvalue weighted by atomic mass is 16.9. The van der Waals surface area contributed by atoms with Gasteiger partial charge in [0.1, 0.15) is 0 Å². The number of hydrogen-bond acceptors (Lipinski definition) is 4. The topological polar surface area (TPSA) is 84.5 Å². The molecule has 3 N–H and O–H groups in total. The van der Waals surface area contributed by atoms with Crippen LogP contribution in [0.15, 0.2) is 0 Å². The summed E-state index contributed by atoms with van der Waals surface area (Å²) >= 11 is 0. The maximum absolute atomic E-state index is 11.3. The molecule has 0 bridgehead atoms. The fourth-order valence-electron chi connectivity index (χ4n) is 2.09. The lowest BCUT2D eigenvalue weighted by Gasteiger charge is -2.39. The van der Waals surface area contributed by atoms with Crippen molar-refractivity contribution in [1.29, 1.82) is 0 Å². The second-order valence-corrected chi connectivity index (χ2v) is 3.99. The molecule has 1 aliphatic rings. The van der Waals surface area contributed by atoms with E-state index < -0.39 is 17.3 Å². The quantitative estimate of drug-likeness (QED) is 0.479. The first-order valence-electron chi connectivity index (χ1n) is 4.87. The monoisotopic (exact) mass is 206 g/mol. The van der Waals surface area contributed by atoms with Crippen LogP contribution in [-0.4, -0.2) is 24.4 Å². The SMILES string of the molecule is CO[NH+]([O-])C1CCC(C)CC1[NH+]([O-])O. The fraction of sp³-hybridized carbons (Fsp3) is 1.00. The van der Waals surface area contributed by atoms with Crippen LogP contribution in [0.3, 0.4) is 0 Å². The van der Waals surface area contributed by atoms with Gasteiger partial charge >= 0.3 is 0 Å². The standard InChI is InChI=1S/C8H18N2O4/c1-6-3-4-7(10(13)14-2)8(5-6)9(11)12/h6-11H,3-5H2,1-2H3. The Morgan fingerprint density at radius 3 is 2.43 bits per heavy atom. The third-order valence-electron chi connectivity index (χ3n) is 2.93. The van der Waals surface area contributed by atoms with Crippen LogP contribution in [0.1, 0.15) is 26.2 Å². The minimum atomic E-state index is -0.882. The molecule has 5 atom stereocenters. The summed E-state index contributed by atoms with van der Waals surface area (Å²) in [4.78, 5) is 4.60. The first kappa shape index (κ1) is 11.8. The number of nitrogens with one attached hydrogen (secondary N) is 2. The molecule has 5 unspecified atom stereocenters.